The number of likely N-dealkylation sites (tertiary alicyclic amines) is 1. The van der Waals surface area contributed by atoms with Gasteiger partial charge in [-0.25, -0.2) is 4.79 Å². The lowest BCUT2D eigenvalue weighted by Crippen LogP contribution is -2.42. The molecule has 1 fully saturated rings. The van der Waals surface area contributed by atoms with E-state index in [-0.39, 0.29) is 17.9 Å². The molecule has 1 saturated heterocycles. The predicted octanol–water partition coefficient (Wildman–Crippen LogP) is 7.25. The molecule has 0 unspecified atom stereocenters. The normalized spacial score (nSPS) is 13.5. The topological polar surface area (TPSA) is 85.4 Å². The SMILES string of the molecule is CCCN(C)C(=O)c1ccc(CN(C)Cc2cccc(C(=O)N(C)CCN3CCC(OC(=O)Nc4ccccc4-c4ccccc4)CC3)c2)cc1. The number of ether oxygens (including phenoxy) is 1. The number of amides is 3. The zero-order valence-electron chi connectivity index (χ0n) is 30.4. The predicted molar refractivity (Wildman–Crippen MR) is 204 cm³/mol. The van der Waals surface area contributed by atoms with Crippen molar-refractivity contribution in [3.05, 3.63) is 125 Å². The first-order chi connectivity index (χ1) is 24.7. The Hall–Kier alpha value is -4.99. The van der Waals surface area contributed by atoms with Crippen LogP contribution >= 0.6 is 0 Å². The van der Waals surface area contributed by atoms with Gasteiger partial charge in [-0.3, -0.25) is 19.8 Å². The molecule has 268 valence electrons. The zero-order chi connectivity index (χ0) is 36.2. The highest BCUT2D eigenvalue weighted by Crippen LogP contribution is 2.28. The summed E-state index contributed by atoms with van der Waals surface area (Å²) >= 11 is 0. The number of hydrogen-bond donors (Lipinski definition) is 1. The largest absolute Gasteiger partial charge is 0.446 e. The second kappa shape index (κ2) is 18.3. The summed E-state index contributed by atoms with van der Waals surface area (Å²) in [4.78, 5) is 46.8. The van der Waals surface area contributed by atoms with Crippen LogP contribution in [0.1, 0.15) is 58.0 Å². The molecule has 3 amide bonds. The van der Waals surface area contributed by atoms with E-state index in [1.165, 1.54) is 0 Å². The van der Waals surface area contributed by atoms with E-state index in [2.05, 4.69) is 29.1 Å². The highest BCUT2D eigenvalue weighted by molar-refractivity contribution is 5.95. The Morgan fingerprint density at radius 1 is 0.725 bits per heavy atom. The molecule has 1 N–H and O–H groups in total. The first-order valence-electron chi connectivity index (χ1n) is 17.9. The number of benzene rings is 4. The Balaban J connectivity index is 1.03. The number of anilines is 1. The van der Waals surface area contributed by atoms with Gasteiger partial charge in [0.25, 0.3) is 11.8 Å². The first kappa shape index (κ1) is 37.3. The molecule has 51 heavy (non-hydrogen) atoms. The van der Waals surface area contributed by atoms with Crippen molar-refractivity contribution in [2.75, 3.05) is 59.2 Å². The Morgan fingerprint density at radius 3 is 2.10 bits per heavy atom. The fourth-order valence-electron chi connectivity index (χ4n) is 6.51. The molecule has 4 aromatic rings. The standard InChI is InChI=1S/C42H51N5O4/c1-5-24-45(3)40(48)35-20-18-32(19-21-35)30-44(2)31-33-12-11-15-36(29-33)41(49)46(4)27-28-47-25-22-37(23-26-47)51-42(50)43-39-17-10-9-16-38(39)34-13-7-6-8-14-34/h6-21,29,37H,5,22-28,30-31H2,1-4H3,(H,43,50). The summed E-state index contributed by atoms with van der Waals surface area (Å²) in [5.41, 5.74) is 6.28. The summed E-state index contributed by atoms with van der Waals surface area (Å²) in [5, 5.41) is 2.94. The molecule has 0 atom stereocenters. The van der Waals surface area contributed by atoms with Crippen molar-refractivity contribution < 1.29 is 19.1 Å². The lowest BCUT2D eigenvalue weighted by Gasteiger charge is -2.32. The molecule has 0 spiro atoms. The highest BCUT2D eigenvalue weighted by atomic mass is 16.6. The molecule has 9 heteroatoms. The van der Waals surface area contributed by atoms with Gasteiger partial charge in [0.15, 0.2) is 0 Å². The van der Waals surface area contributed by atoms with Crippen molar-refractivity contribution in [3.63, 3.8) is 0 Å². The van der Waals surface area contributed by atoms with Crippen LogP contribution in [0.25, 0.3) is 11.1 Å². The van der Waals surface area contributed by atoms with Gasteiger partial charge in [0.2, 0.25) is 0 Å². The van der Waals surface area contributed by atoms with E-state index in [4.69, 9.17) is 4.74 Å². The van der Waals surface area contributed by atoms with E-state index in [9.17, 15) is 14.4 Å². The summed E-state index contributed by atoms with van der Waals surface area (Å²) < 4.78 is 5.80. The molecule has 0 aliphatic carbocycles. The zero-order valence-corrected chi connectivity index (χ0v) is 30.4. The van der Waals surface area contributed by atoms with Crippen LogP contribution in [-0.4, -0.2) is 97.5 Å². The lowest BCUT2D eigenvalue weighted by molar-refractivity contribution is 0.0540. The number of piperidine rings is 1. The maximum absolute atomic E-state index is 13.4. The number of carbonyl (C=O) groups is 3. The third-order valence-corrected chi connectivity index (χ3v) is 9.34. The maximum atomic E-state index is 13.4. The van der Waals surface area contributed by atoms with Crippen molar-refractivity contribution in [3.8, 4) is 11.1 Å². The quantitative estimate of drug-likeness (QED) is 0.150. The Kier molecular flexibility index (Phi) is 13.4. The third kappa shape index (κ3) is 10.7. The third-order valence-electron chi connectivity index (χ3n) is 9.34. The molecule has 0 aromatic heterocycles. The number of para-hydroxylation sites is 1. The van der Waals surface area contributed by atoms with Crippen molar-refractivity contribution in [1.29, 1.82) is 0 Å². The highest BCUT2D eigenvalue weighted by Gasteiger charge is 2.24. The molecule has 9 nitrogen and oxygen atoms in total. The van der Waals surface area contributed by atoms with Gasteiger partial charge in [-0.2, -0.15) is 0 Å². The van der Waals surface area contributed by atoms with Gasteiger partial charge in [-0.1, -0.05) is 79.7 Å². The molecular formula is C42H51N5O4. The van der Waals surface area contributed by atoms with Crippen LogP contribution in [0.4, 0.5) is 10.5 Å². The molecule has 4 aromatic carbocycles. The smallest absolute Gasteiger partial charge is 0.411 e. The molecule has 0 saturated carbocycles. The Morgan fingerprint density at radius 2 is 1.37 bits per heavy atom. The molecule has 0 bridgehead atoms. The van der Waals surface area contributed by atoms with Crippen LogP contribution in [0.15, 0.2) is 103 Å². The minimum Gasteiger partial charge on any atom is -0.446 e. The van der Waals surface area contributed by atoms with Gasteiger partial charge in [-0.05, 0) is 73.3 Å². The van der Waals surface area contributed by atoms with Crippen LogP contribution in [0.2, 0.25) is 0 Å². The van der Waals surface area contributed by atoms with E-state index in [0.717, 1.165) is 79.9 Å². The van der Waals surface area contributed by atoms with Gasteiger partial charge in [0.05, 0.1) is 5.69 Å². The van der Waals surface area contributed by atoms with Gasteiger partial charge in [-0.15, -0.1) is 0 Å². The van der Waals surface area contributed by atoms with Crippen LogP contribution in [0.3, 0.4) is 0 Å². The number of nitrogens with one attached hydrogen (secondary N) is 1. The monoisotopic (exact) mass is 689 g/mol. The Labute approximate surface area is 302 Å². The number of hydrogen-bond acceptors (Lipinski definition) is 6. The van der Waals surface area contributed by atoms with Gasteiger partial charge < -0.3 is 19.4 Å². The Bertz CT molecular complexity index is 1740. The fraction of sp³-hybridized carbons (Fsp3) is 0.357. The molecule has 0 radical (unpaired) electrons. The van der Waals surface area contributed by atoms with Crippen molar-refractivity contribution >= 4 is 23.6 Å². The first-order valence-corrected chi connectivity index (χ1v) is 17.9. The number of rotatable bonds is 14. The molecule has 5 rings (SSSR count). The summed E-state index contributed by atoms with van der Waals surface area (Å²) in [6, 6.07) is 33.4. The maximum Gasteiger partial charge on any atom is 0.411 e. The number of likely N-dealkylation sites (N-methyl/N-ethyl adjacent to an activating group) is 1. The van der Waals surface area contributed by atoms with E-state index >= 15 is 0 Å². The van der Waals surface area contributed by atoms with Crippen molar-refractivity contribution in [2.45, 2.75) is 45.4 Å². The average molecular weight is 690 g/mol. The summed E-state index contributed by atoms with van der Waals surface area (Å²) in [5.74, 6) is 0.0413. The van der Waals surface area contributed by atoms with Gasteiger partial charge in [0, 0.05) is 76.6 Å². The van der Waals surface area contributed by atoms with Crippen LogP contribution in [0, 0.1) is 0 Å². The molecule has 1 heterocycles. The van der Waals surface area contributed by atoms with Gasteiger partial charge in [0.1, 0.15) is 6.10 Å². The minimum atomic E-state index is -0.437. The van der Waals surface area contributed by atoms with E-state index in [1.807, 2.05) is 117 Å². The second-order valence-electron chi connectivity index (χ2n) is 13.5. The van der Waals surface area contributed by atoms with Crippen LogP contribution in [-0.2, 0) is 17.8 Å². The van der Waals surface area contributed by atoms with E-state index < -0.39 is 6.09 Å². The summed E-state index contributed by atoms with van der Waals surface area (Å²) in [6.07, 6.45) is 1.85. The van der Waals surface area contributed by atoms with Gasteiger partial charge >= 0.3 is 6.09 Å². The number of nitrogens with zero attached hydrogens (tertiary/aromatic N) is 4. The average Bonchev–Trinajstić information content (AvgIpc) is 3.15. The number of carbonyl (C=O) groups excluding carboxylic acids is 3. The van der Waals surface area contributed by atoms with Crippen LogP contribution in [0.5, 0.6) is 0 Å². The van der Waals surface area contributed by atoms with E-state index in [1.54, 1.807) is 9.80 Å². The minimum absolute atomic E-state index is 0.00141. The summed E-state index contributed by atoms with van der Waals surface area (Å²) in [7, 11) is 5.74. The van der Waals surface area contributed by atoms with E-state index in [0.29, 0.717) is 24.2 Å². The van der Waals surface area contributed by atoms with Crippen molar-refractivity contribution in [2.24, 2.45) is 0 Å². The van der Waals surface area contributed by atoms with Crippen molar-refractivity contribution in [1.82, 2.24) is 19.6 Å². The second-order valence-corrected chi connectivity index (χ2v) is 13.5. The summed E-state index contributed by atoms with van der Waals surface area (Å²) in [6.45, 7) is 7.20. The molecule has 1 aliphatic heterocycles. The fourth-order valence-corrected chi connectivity index (χ4v) is 6.51. The molecule has 1 aliphatic rings. The lowest BCUT2D eigenvalue weighted by atomic mass is 10.0. The van der Waals surface area contributed by atoms with Crippen LogP contribution < -0.4 is 5.32 Å². The molecular weight excluding hydrogens is 638 g/mol.